The van der Waals surface area contributed by atoms with Gasteiger partial charge in [-0.25, -0.2) is 0 Å². The highest BCUT2D eigenvalue weighted by molar-refractivity contribution is 6.13. The molecule has 3 nitrogen and oxygen atoms in total. The Labute approximate surface area is 295 Å². The van der Waals surface area contributed by atoms with Crippen LogP contribution in [0.4, 0.5) is 17.1 Å². The first-order valence-corrected chi connectivity index (χ1v) is 17.2. The first-order chi connectivity index (χ1) is 25.3. The highest BCUT2D eigenvalue weighted by atomic mass is 16.3. The molecule has 0 bridgehead atoms. The standard InChI is InChI=1S/C48H31NO2/c1-2-10-32(11-3-1)33-20-22-34(23-21-33)35-24-27-38(28-25-35)49(43-16-9-19-47-48(43)41-15-5-7-18-45(41)51-47)39-13-8-12-36(30-39)37-26-29-46-42(31-37)40-14-4-6-17-44(40)50-46/h1-31H. The van der Waals surface area contributed by atoms with Gasteiger partial charge in [-0.1, -0.05) is 127 Å². The summed E-state index contributed by atoms with van der Waals surface area (Å²) in [5.74, 6) is 0. The Morgan fingerprint density at radius 3 is 1.57 bits per heavy atom. The van der Waals surface area contributed by atoms with Gasteiger partial charge in [0, 0.05) is 27.5 Å². The van der Waals surface area contributed by atoms with E-state index in [-0.39, 0.29) is 0 Å². The molecule has 0 aliphatic rings. The number of benzene rings is 8. The molecule has 2 heterocycles. The lowest BCUT2D eigenvalue weighted by atomic mass is 9.99. The molecule has 10 aromatic rings. The van der Waals surface area contributed by atoms with Crippen molar-refractivity contribution in [3.05, 3.63) is 188 Å². The maximum atomic E-state index is 6.36. The second kappa shape index (κ2) is 11.9. The SMILES string of the molecule is c1ccc(-c2ccc(-c3ccc(N(c4cccc(-c5ccc6oc7ccccc7c6c5)c4)c4cccc5oc6ccccc6c45)cc3)cc2)cc1. The van der Waals surface area contributed by atoms with Crippen molar-refractivity contribution in [2.75, 3.05) is 4.90 Å². The zero-order valence-electron chi connectivity index (χ0n) is 27.7. The summed E-state index contributed by atoms with van der Waals surface area (Å²) in [6.07, 6.45) is 0. The molecule has 10 rings (SSSR count). The molecule has 0 fully saturated rings. The molecule has 0 saturated heterocycles. The predicted molar refractivity (Wildman–Crippen MR) is 212 cm³/mol. The van der Waals surface area contributed by atoms with Crippen molar-refractivity contribution in [3.8, 4) is 33.4 Å². The molecule has 0 aliphatic carbocycles. The number of furan rings is 2. The van der Waals surface area contributed by atoms with E-state index >= 15 is 0 Å². The molecule has 0 amide bonds. The van der Waals surface area contributed by atoms with Gasteiger partial charge in [-0.05, 0) is 94.0 Å². The van der Waals surface area contributed by atoms with Crippen LogP contribution in [0.15, 0.2) is 197 Å². The molecule has 0 unspecified atom stereocenters. The molecule has 0 atom stereocenters. The van der Waals surface area contributed by atoms with Crippen LogP contribution in [-0.4, -0.2) is 0 Å². The Morgan fingerprint density at radius 1 is 0.294 bits per heavy atom. The maximum Gasteiger partial charge on any atom is 0.137 e. The molecular weight excluding hydrogens is 623 g/mol. The quantitative estimate of drug-likeness (QED) is 0.179. The van der Waals surface area contributed by atoms with E-state index in [9.17, 15) is 0 Å². The lowest BCUT2D eigenvalue weighted by Crippen LogP contribution is -2.10. The van der Waals surface area contributed by atoms with Crippen LogP contribution in [0.25, 0.3) is 77.3 Å². The first kappa shape index (κ1) is 29.1. The maximum absolute atomic E-state index is 6.36. The molecule has 3 heteroatoms. The van der Waals surface area contributed by atoms with Crippen LogP contribution in [0, 0.1) is 0 Å². The lowest BCUT2D eigenvalue weighted by molar-refractivity contribution is 0.668. The summed E-state index contributed by atoms with van der Waals surface area (Å²) in [6, 6.07) is 66.3. The fraction of sp³-hybridized carbons (Fsp3) is 0. The van der Waals surface area contributed by atoms with Gasteiger partial charge in [-0.15, -0.1) is 0 Å². The highest BCUT2D eigenvalue weighted by Crippen LogP contribution is 2.44. The number of hydrogen-bond donors (Lipinski definition) is 0. The summed E-state index contributed by atoms with van der Waals surface area (Å²) in [7, 11) is 0. The van der Waals surface area contributed by atoms with Crippen LogP contribution >= 0.6 is 0 Å². The Morgan fingerprint density at radius 2 is 0.804 bits per heavy atom. The number of fused-ring (bicyclic) bond motifs is 6. The first-order valence-electron chi connectivity index (χ1n) is 17.2. The Kier molecular flexibility index (Phi) is 6.81. The molecule has 0 N–H and O–H groups in total. The second-order valence-corrected chi connectivity index (χ2v) is 12.9. The third kappa shape index (κ3) is 5.06. The van der Waals surface area contributed by atoms with Crippen molar-refractivity contribution in [1.82, 2.24) is 0 Å². The largest absolute Gasteiger partial charge is 0.456 e. The van der Waals surface area contributed by atoms with Gasteiger partial charge in [0.1, 0.15) is 22.3 Å². The minimum Gasteiger partial charge on any atom is -0.456 e. The Hall–Kier alpha value is -6.84. The van der Waals surface area contributed by atoms with Gasteiger partial charge < -0.3 is 13.7 Å². The third-order valence-corrected chi connectivity index (χ3v) is 9.89. The van der Waals surface area contributed by atoms with Gasteiger partial charge in [-0.2, -0.15) is 0 Å². The smallest absolute Gasteiger partial charge is 0.137 e. The summed E-state index contributed by atoms with van der Waals surface area (Å²) in [6.45, 7) is 0. The fourth-order valence-corrected chi connectivity index (χ4v) is 7.39. The van der Waals surface area contributed by atoms with Crippen molar-refractivity contribution >= 4 is 60.9 Å². The van der Waals surface area contributed by atoms with Crippen LogP contribution in [-0.2, 0) is 0 Å². The second-order valence-electron chi connectivity index (χ2n) is 12.9. The monoisotopic (exact) mass is 653 g/mol. The summed E-state index contributed by atoms with van der Waals surface area (Å²) in [5.41, 5.74) is 13.8. The lowest BCUT2D eigenvalue weighted by Gasteiger charge is -2.27. The summed E-state index contributed by atoms with van der Waals surface area (Å²) in [5, 5.41) is 4.43. The normalized spacial score (nSPS) is 11.5. The Balaban J connectivity index is 1.10. The average molecular weight is 654 g/mol. The van der Waals surface area contributed by atoms with E-state index in [0.717, 1.165) is 72.1 Å². The summed E-state index contributed by atoms with van der Waals surface area (Å²) >= 11 is 0. The molecule has 0 spiro atoms. The molecule has 51 heavy (non-hydrogen) atoms. The van der Waals surface area contributed by atoms with E-state index in [4.69, 9.17) is 8.83 Å². The third-order valence-electron chi connectivity index (χ3n) is 9.89. The van der Waals surface area contributed by atoms with E-state index < -0.39 is 0 Å². The van der Waals surface area contributed by atoms with E-state index in [1.165, 1.54) is 22.3 Å². The van der Waals surface area contributed by atoms with Crippen LogP contribution in [0.2, 0.25) is 0 Å². The van der Waals surface area contributed by atoms with Crippen molar-refractivity contribution < 1.29 is 8.83 Å². The minimum absolute atomic E-state index is 0.863. The average Bonchev–Trinajstić information content (AvgIpc) is 3.77. The van der Waals surface area contributed by atoms with Crippen LogP contribution in [0.5, 0.6) is 0 Å². The minimum atomic E-state index is 0.863. The molecule has 0 saturated carbocycles. The summed E-state index contributed by atoms with van der Waals surface area (Å²) < 4.78 is 12.5. The topological polar surface area (TPSA) is 29.5 Å². The number of hydrogen-bond acceptors (Lipinski definition) is 3. The molecule has 240 valence electrons. The van der Waals surface area contributed by atoms with E-state index in [1.807, 2.05) is 24.3 Å². The molecule has 2 aromatic heterocycles. The molecule has 8 aromatic carbocycles. The van der Waals surface area contributed by atoms with Gasteiger partial charge in [0.25, 0.3) is 0 Å². The zero-order chi connectivity index (χ0) is 33.7. The van der Waals surface area contributed by atoms with E-state index in [2.05, 4.69) is 169 Å². The molecular formula is C48H31NO2. The highest BCUT2D eigenvalue weighted by Gasteiger charge is 2.20. The molecule has 0 radical (unpaired) electrons. The number of nitrogens with zero attached hydrogens (tertiary/aromatic N) is 1. The van der Waals surface area contributed by atoms with Gasteiger partial charge in [0.15, 0.2) is 0 Å². The zero-order valence-corrected chi connectivity index (χ0v) is 27.7. The van der Waals surface area contributed by atoms with Crippen LogP contribution in [0.1, 0.15) is 0 Å². The van der Waals surface area contributed by atoms with Crippen LogP contribution < -0.4 is 4.90 Å². The van der Waals surface area contributed by atoms with Gasteiger partial charge in [-0.3, -0.25) is 0 Å². The molecule has 0 aliphatic heterocycles. The summed E-state index contributed by atoms with van der Waals surface area (Å²) in [4.78, 5) is 2.35. The number of anilines is 3. The number of para-hydroxylation sites is 2. The van der Waals surface area contributed by atoms with Crippen molar-refractivity contribution in [2.24, 2.45) is 0 Å². The van der Waals surface area contributed by atoms with Gasteiger partial charge in [0.2, 0.25) is 0 Å². The van der Waals surface area contributed by atoms with Crippen LogP contribution in [0.3, 0.4) is 0 Å². The van der Waals surface area contributed by atoms with Gasteiger partial charge in [0.05, 0.1) is 11.1 Å². The van der Waals surface area contributed by atoms with Crippen molar-refractivity contribution in [1.29, 1.82) is 0 Å². The van der Waals surface area contributed by atoms with E-state index in [1.54, 1.807) is 0 Å². The van der Waals surface area contributed by atoms with E-state index in [0.29, 0.717) is 0 Å². The van der Waals surface area contributed by atoms with Crippen molar-refractivity contribution in [2.45, 2.75) is 0 Å². The Bertz CT molecular complexity index is 2840. The van der Waals surface area contributed by atoms with Gasteiger partial charge >= 0.3 is 0 Å². The van der Waals surface area contributed by atoms with Crippen molar-refractivity contribution in [3.63, 3.8) is 0 Å². The fourth-order valence-electron chi connectivity index (χ4n) is 7.39. The number of rotatable bonds is 6. The predicted octanol–water partition coefficient (Wildman–Crippen LogP) is 14.0.